The monoisotopic (exact) mass is 310 g/mol. The zero-order valence-corrected chi connectivity index (χ0v) is 12.6. The minimum Gasteiger partial charge on any atom is -0.397 e. The Kier molecular flexibility index (Phi) is 2.94. The van der Waals surface area contributed by atoms with E-state index in [1.54, 1.807) is 18.2 Å². The number of nitrogens with two attached hydrogens (primary N) is 1. The molecule has 1 aromatic carbocycles. The first kappa shape index (κ1) is 13.9. The van der Waals surface area contributed by atoms with Crippen LogP contribution in [-0.4, -0.2) is 20.5 Å². The van der Waals surface area contributed by atoms with Crippen LogP contribution in [0.3, 0.4) is 0 Å². The van der Waals surface area contributed by atoms with Crippen LogP contribution >= 0.6 is 0 Å². The maximum Gasteiger partial charge on any atom is 0.167 e. The summed E-state index contributed by atoms with van der Waals surface area (Å²) in [5.41, 5.74) is 8.56. The molecule has 23 heavy (non-hydrogen) atoms. The summed E-state index contributed by atoms with van der Waals surface area (Å²) >= 11 is 0. The van der Waals surface area contributed by atoms with E-state index in [9.17, 15) is 9.18 Å². The van der Waals surface area contributed by atoms with Gasteiger partial charge in [0.1, 0.15) is 11.5 Å². The Hall–Kier alpha value is -2.76. The number of pyridine rings is 1. The third-order valence-corrected chi connectivity index (χ3v) is 4.27. The normalized spacial score (nSPS) is 17.5. The number of ketones is 1. The highest BCUT2D eigenvalue weighted by Crippen LogP contribution is 2.33. The first-order valence-corrected chi connectivity index (χ1v) is 7.50. The summed E-state index contributed by atoms with van der Waals surface area (Å²) in [5.74, 6) is -0.145. The number of carbonyl (C=O) groups is 1. The lowest BCUT2D eigenvalue weighted by Crippen LogP contribution is -2.21. The van der Waals surface area contributed by atoms with Gasteiger partial charge in [0.25, 0.3) is 0 Å². The number of benzene rings is 1. The Bertz CT molecular complexity index is 947. The largest absolute Gasteiger partial charge is 0.397 e. The van der Waals surface area contributed by atoms with E-state index in [4.69, 9.17) is 5.73 Å². The molecule has 0 saturated carbocycles. The van der Waals surface area contributed by atoms with Gasteiger partial charge in [0.15, 0.2) is 11.4 Å². The van der Waals surface area contributed by atoms with Crippen LogP contribution in [0.25, 0.3) is 16.7 Å². The van der Waals surface area contributed by atoms with E-state index in [0.717, 1.165) is 0 Å². The fourth-order valence-corrected chi connectivity index (χ4v) is 3.19. The molecule has 0 saturated heterocycles. The molecule has 0 radical (unpaired) electrons. The Morgan fingerprint density at radius 3 is 2.87 bits per heavy atom. The van der Waals surface area contributed by atoms with Crippen molar-refractivity contribution in [3.8, 4) is 5.69 Å². The molecule has 1 atom stereocenters. The molecule has 116 valence electrons. The fourth-order valence-electron chi connectivity index (χ4n) is 3.19. The summed E-state index contributed by atoms with van der Waals surface area (Å²) in [4.78, 5) is 16.9. The number of fused-ring (bicyclic) bond motifs is 2. The van der Waals surface area contributed by atoms with Crippen LogP contribution in [0, 0.1) is 11.7 Å². The molecular weight excluding hydrogens is 295 g/mol. The first-order chi connectivity index (χ1) is 11.1. The zero-order chi connectivity index (χ0) is 16.1. The van der Waals surface area contributed by atoms with Crippen molar-refractivity contribution in [2.75, 3.05) is 5.73 Å². The zero-order valence-electron chi connectivity index (χ0n) is 12.6. The summed E-state index contributed by atoms with van der Waals surface area (Å²) in [7, 11) is 0. The summed E-state index contributed by atoms with van der Waals surface area (Å²) in [6, 6.07) is 6.36. The number of aromatic nitrogens is 3. The van der Waals surface area contributed by atoms with Gasteiger partial charge in [-0.1, -0.05) is 19.1 Å². The predicted molar refractivity (Wildman–Crippen MR) is 85.1 cm³/mol. The number of nitrogen functional groups attached to an aromatic ring is 1. The van der Waals surface area contributed by atoms with Crippen LogP contribution < -0.4 is 5.73 Å². The van der Waals surface area contributed by atoms with Crippen LogP contribution in [0.4, 0.5) is 10.1 Å². The molecule has 0 fully saturated rings. The van der Waals surface area contributed by atoms with Gasteiger partial charge in [0.05, 0.1) is 28.5 Å². The van der Waals surface area contributed by atoms with Gasteiger partial charge in [-0.05, 0) is 24.5 Å². The first-order valence-electron chi connectivity index (χ1n) is 7.50. The van der Waals surface area contributed by atoms with Crippen molar-refractivity contribution in [3.63, 3.8) is 0 Å². The van der Waals surface area contributed by atoms with Crippen LogP contribution in [-0.2, 0) is 6.42 Å². The average molecular weight is 310 g/mol. The summed E-state index contributed by atoms with van der Waals surface area (Å²) < 4.78 is 15.5. The number of halogens is 1. The molecule has 2 heterocycles. The molecule has 2 aromatic heterocycles. The predicted octanol–water partition coefficient (Wildman–Crippen LogP) is 2.91. The molecule has 6 heteroatoms. The Morgan fingerprint density at radius 2 is 2.09 bits per heavy atom. The van der Waals surface area contributed by atoms with Crippen molar-refractivity contribution < 1.29 is 9.18 Å². The molecular formula is C17H15FN4O. The number of carbonyl (C=O) groups excluding carboxylic acids is 1. The molecule has 0 bridgehead atoms. The molecule has 1 unspecified atom stereocenters. The van der Waals surface area contributed by atoms with Crippen LogP contribution in [0.5, 0.6) is 0 Å². The molecule has 0 spiro atoms. The number of nitrogens with zero attached hydrogens (tertiary/aromatic N) is 3. The van der Waals surface area contributed by atoms with Crippen molar-refractivity contribution >= 4 is 22.5 Å². The van der Waals surface area contributed by atoms with E-state index in [2.05, 4.69) is 10.1 Å². The van der Waals surface area contributed by atoms with Crippen LogP contribution in [0.15, 0.2) is 30.5 Å². The van der Waals surface area contributed by atoms with Crippen molar-refractivity contribution in [3.05, 3.63) is 47.5 Å². The van der Waals surface area contributed by atoms with E-state index in [1.165, 1.54) is 16.9 Å². The van der Waals surface area contributed by atoms with Gasteiger partial charge < -0.3 is 5.73 Å². The highest BCUT2D eigenvalue weighted by Gasteiger charge is 2.28. The standard InChI is InChI=1S/C17H15FN4O/c1-9-6-12-15(14(23)7-9)16(19)10-8-20-22(17(10)21-12)13-5-3-2-4-11(13)18/h2-5,8-9H,6-7H2,1H3,(H2,19,21). The number of anilines is 1. The average Bonchev–Trinajstić information content (AvgIpc) is 2.91. The van der Waals surface area contributed by atoms with Gasteiger partial charge >= 0.3 is 0 Å². The maximum absolute atomic E-state index is 14.1. The van der Waals surface area contributed by atoms with E-state index in [-0.39, 0.29) is 17.5 Å². The SMILES string of the molecule is CC1CC(=O)c2c(nc3c(cnn3-c3ccccc3F)c2N)C1. The lowest BCUT2D eigenvalue weighted by molar-refractivity contribution is 0.0953. The Morgan fingerprint density at radius 1 is 1.30 bits per heavy atom. The lowest BCUT2D eigenvalue weighted by Gasteiger charge is -2.21. The number of para-hydroxylation sites is 1. The van der Waals surface area contributed by atoms with Gasteiger partial charge in [-0.25, -0.2) is 14.1 Å². The van der Waals surface area contributed by atoms with Gasteiger partial charge in [0, 0.05) is 6.42 Å². The van der Waals surface area contributed by atoms with E-state index in [0.29, 0.717) is 46.5 Å². The molecule has 1 aliphatic rings. The smallest absolute Gasteiger partial charge is 0.167 e. The van der Waals surface area contributed by atoms with E-state index in [1.807, 2.05) is 6.92 Å². The highest BCUT2D eigenvalue weighted by molar-refractivity contribution is 6.08. The molecule has 2 N–H and O–H groups in total. The topological polar surface area (TPSA) is 73.8 Å². The maximum atomic E-state index is 14.1. The Balaban J connectivity index is 2.01. The summed E-state index contributed by atoms with van der Waals surface area (Å²) in [5, 5.41) is 4.80. The van der Waals surface area contributed by atoms with Gasteiger partial charge in [-0.15, -0.1) is 0 Å². The quantitative estimate of drug-likeness (QED) is 0.750. The summed E-state index contributed by atoms with van der Waals surface area (Å²) in [6.07, 6.45) is 2.70. The van der Waals surface area contributed by atoms with E-state index < -0.39 is 0 Å². The van der Waals surface area contributed by atoms with Gasteiger partial charge in [-0.3, -0.25) is 4.79 Å². The minimum atomic E-state index is -0.389. The highest BCUT2D eigenvalue weighted by atomic mass is 19.1. The second-order valence-corrected chi connectivity index (χ2v) is 6.03. The summed E-state index contributed by atoms with van der Waals surface area (Å²) in [6.45, 7) is 2.01. The number of Topliss-reactive ketones (excluding diaryl/α,β-unsaturated/α-hetero) is 1. The lowest BCUT2D eigenvalue weighted by atomic mass is 9.86. The third kappa shape index (κ3) is 2.02. The van der Waals surface area contributed by atoms with Crippen molar-refractivity contribution in [2.24, 2.45) is 5.92 Å². The molecule has 3 aromatic rings. The number of hydrogen-bond donors (Lipinski definition) is 1. The molecule has 0 aliphatic heterocycles. The minimum absolute atomic E-state index is 0.0179. The van der Waals surface area contributed by atoms with E-state index >= 15 is 0 Å². The van der Waals surface area contributed by atoms with Crippen LogP contribution in [0.2, 0.25) is 0 Å². The second-order valence-electron chi connectivity index (χ2n) is 6.03. The van der Waals surface area contributed by atoms with Crippen molar-refractivity contribution in [1.82, 2.24) is 14.8 Å². The molecule has 1 aliphatic carbocycles. The van der Waals surface area contributed by atoms with Gasteiger partial charge in [0.2, 0.25) is 0 Å². The molecule has 4 rings (SSSR count). The second kappa shape index (κ2) is 4.87. The fraction of sp³-hybridized carbons (Fsp3) is 0.235. The number of hydrogen-bond acceptors (Lipinski definition) is 4. The molecule has 5 nitrogen and oxygen atoms in total. The van der Waals surface area contributed by atoms with Crippen LogP contribution in [0.1, 0.15) is 29.4 Å². The third-order valence-electron chi connectivity index (χ3n) is 4.27. The molecule has 0 amide bonds. The van der Waals surface area contributed by atoms with Crippen molar-refractivity contribution in [1.29, 1.82) is 0 Å². The number of rotatable bonds is 1. The van der Waals surface area contributed by atoms with Crippen molar-refractivity contribution in [2.45, 2.75) is 19.8 Å². The Labute approximate surface area is 131 Å². The van der Waals surface area contributed by atoms with Gasteiger partial charge in [-0.2, -0.15) is 5.10 Å².